The topological polar surface area (TPSA) is 61.1 Å². The molecule has 3 rings (SSSR count). The molecule has 0 bridgehead atoms. The van der Waals surface area contributed by atoms with E-state index in [0.29, 0.717) is 37.8 Å². The second-order valence-electron chi connectivity index (χ2n) is 5.57. The van der Waals surface area contributed by atoms with Crippen molar-refractivity contribution in [2.24, 2.45) is 0 Å². The van der Waals surface area contributed by atoms with E-state index in [1.165, 1.54) is 14.2 Å². The minimum Gasteiger partial charge on any atom is -0.469 e. The van der Waals surface area contributed by atoms with E-state index in [2.05, 4.69) is 0 Å². The van der Waals surface area contributed by atoms with Crippen LogP contribution in [0, 0.1) is 6.92 Å². The molecule has 1 aliphatic carbocycles. The van der Waals surface area contributed by atoms with E-state index in [1.807, 2.05) is 4.90 Å². The minimum absolute atomic E-state index is 0.154. The zero-order valence-electron chi connectivity index (χ0n) is 13.4. The summed E-state index contributed by atoms with van der Waals surface area (Å²) in [5.74, 6) is -1.53. The van der Waals surface area contributed by atoms with Crippen LogP contribution in [0.2, 0.25) is 0 Å². The summed E-state index contributed by atoms with van der Waals surface area (Å²) in [7, 11) is 3.05. The molecule has 1 unspecified atom stereocenters. The molecule has 0 amide bonds. The Kier molecular flexibility index (Phi) is 4.51. The number of aryl methyl sites for hydroxylation is 1. The Bertz CT molecular complexity index is 628. The molecule has 0 spiro atoms. The number of hydrogen-bond donors (Lipinski definition) is 0. The van der Waals surface area contributed by atoms with E-state index in [0.717, 1.165) is 5.56 Å². The van der Waals surface area contributed by atoms with Crippen LogP contribution < -0.4 is 0 Å². The van der Waals surface area contributed by atoms with Gasteiger partial charge in [-0.2, -0.15) is 0 Å². The highest BCUT2D eigenvalue weighted by molar-refractivity contribution is 6.45. The van der Waals surface area contributed by atoms with Crippen LogP contribution >= 0.6 is 11.6 Å². The van der Waals surface area contributed by atoms with Crippen molar-refractivity contribution >= 4 is 17.4 Å². The number of carbonyl (C=O) groups is 1. The first kappa shape index (κ1) is 16.5. The summed E-state index contributed by atoms with van der Waals surface area (Å²) < 4.78 is 22.2. The van der Waals surface area contributed by atoms with E-state index in [9.17, 15) is 4.79 Å². The van der Waals surface area contributed by atoms with Crippen LogP contribution in [0.4, 0.5) is 0 Å². The number of Topliss-reactive ketones (excluding diaryl/α,β-unsaturated/α-hetero) is 1. The van der Waals surface area contributed by atoms with Gasteiger partial charge in [-0.25, -0.2) is 0 Å². The molecular weight excluding hydrogens is 322 g/mol. The molecule has 0 aromatic carbocycles. The number of furan rings is 1. The SMILES string of the molecule is COC1(OC)C(N2CCOCC2)=C(Cl)C(=O)C1c1ccoc1C. The molecule has 1 atom stereocenters. The first-order valence-electron chi connectivity index (χ1n) is 7.48. The molecule has 0 N–H and O–H groups in total. The maximum Gasteiger partial charge on any atom is 0.225 e. The number of nitrogens with zero attached hydrogens (tertiary/aromatic N) is 1. The molecule has 0 radical (unpaired) electrons. The van der Waals surface area contributed by atoms with Gasteiger partial charge in [-0.3, -0.25) is 4.79 Å². The predicted molar refractivity (Wildman–Crippen MR) is 83.2 cm³/mol. The number of methoxy groups -OCH3 is 2. The van der Waals surface area contributed by atoms with Gasteiger partial charge in [0.05, 0.1) is 25.2 Å². The molecule has 6 nitrogen and oxygen atoms in total. The van der Waals surface area contributed by atoms with E-state index in [1.54, 1.807) is 19.3 Å². The summed E-state index contributed by atoms with van der Waals surface area (Å²) in [5, 5.41) is 0.154. The van der Waals surface area contributed by atoms with Crippen molar-refractivity contribution in [2.75, 3.05) is 40.5 Å². The van der Waals surface area contributed by atoms with Crippen molar-refractivity contribution in [3.63, 3.8) is 0 Å². The number of carbonyl (C=O) groups excluding carboxylic acids is 1. The Morgan fingerprint density at radius 2 is 1.96 bits per heavy atom. The van der Waals surface area contributed by atoms with Crippen molar-refractivity contribution in [2.45, 2.75) is 18.6 Å². The maximum atomic E-state index is 12.9. The number of morpholine rings is 1. The fourth-order valence-corrected chi connectivity index (χ4v) is 3.76. The smallest absolute Gasteiger partial charge is 0.225 e. The molecule has 1 aromatic rings. The van der Waals surface area contributed by atoms with Gasteiger partial charge in [0, 0.05) is 32.9 Å². The molecule has 0 saturated carbocycles. The third-order valence-corrected chi connectivity index (χ3v) is 4.91. The molecule has 1 aliphatic heterocycles. The van der Waals surface area contributed by atoms with Crippen LogP contribution in [-0.4, -0.2) is 57.0 Å². The van der Waals surface area contributed by atoms with Crippen LogP contribution in [0.3, 0.4) is 0 Å². The predicted octanol–water partition coefficient (Wildman–Crippen LogP) is 2.03. The molecule has 1 fully saturated rings. The van der Waals surface area contributed by atoms with E-state index >= 15 is 0 Å². The van der Waals surface area contributed by atoms with Gasteiger partial charge in [0.25, 0.3) is 0 Å². The normalized spacial score (nSPS) is 24.6. The number of ether oxygens (including phenoxy) is 3. The molecule has 7 heteroatoms. The Balaban J connectivity index is 2.10. The Hall–Kier alpha value is -1.34. The van der Waals surface area contributed by atoms with Gasteiger partial charge in [-0.1, -0.05) is 11.6 Å². The zero-order chi connectivity index (χ0) is 16.6. The van der Waals surface area contributed by atoms with Crippen molar-refractivity contribution in [3.05, 3.63) is 34.4 Å². The van der Waals surface area contributed by atoms with Crippen molar-refractivity contribution in [1.29, 1.82) is 0 Å². The third kappa shape index (κ3) is 2.41. The molecule has 23 heavy (non-hydrogen) atoms. The number of ketones is 1. The number of allylic oxidation sites excluding steroid dienone is 1. The van der Waals surface area contributed by atoms with E-state index < -0.39 is 11.7 Å². The second kappa shape index (κ2) is 6.28. The Morgan fingerprint density at radius 1 is 1.30 bits per heavy atom. The van der Waals surface area contributed by atoms with Gasteiger partial charge in [0.1, 0.15) is 16.7 Å². The van der Waals surface area contributed by atoms with Crippen molar-refractivity contribution in [3.8, 4) is 0 Å². The standard InChI is InChI=1S/C16H20ClNO5/c1-10-11(4-7-23-10)12-14(19)13(17)15(16(12,20-2)21-3)18-5-8-22-9-6-18/h4,7,12H,5-6,8-9H2,1-3H3. The highest BCUT2D eigenvalue weighted by atomic mass is 35.5. The first-order valence-corrected chi connectivity index (χ1v) is 7.86. The fraction of sp³-hybridized carbons (Fsp3) is 0.562. The fourth-order valence-electron chi connectivity index (χ4n) is 3.40. The lowest BCUT2D eigenvalue weighted by Gasteiger charge is -2.40. The summed E-state index contributed by atoms with van der Waals surface area (Å²) in [6.45, 7) is 4.20. The summed E-state index contributed by atoms with van der Waals surface area (Å²) in [5.41, 5.74) is 1.29. The molecule has 2 heterocycles. The van der Waals surface area contributed by atoms with Gasteiger partial charge in [0.2, 0.25) is 5.79 Å². The van der Waals surface area contributed by atoms with Gasteiger partial charge in [-0.05, 0) is 13.0 Å². The summed E-state index contributed by atoms with van der Waals surface area (Å²) in [6, 6.07) is 1.76. The van der Waals surface area contributed by atoms with Gasteiger partial charge in [0.15, 0.2) is 5.78 Å². The minimum atomic E-state index is -1.26. The van der Waals surface area contributed by atoms with Crippen LogP contribution in [-0.2, 0) is 19.0 Å². The number of hydrogen-bond acceptors (Lipinski definition) is 6. The zero-order valence-corrected chi connectivity index (χ0v) is 14.2. The number of rotatable bonds is 4. The lowest BCUT2D eigenvalue weighted by atomic mass is 9.90. The average molecular weight is 342 g/mol. The lowest BCUT2D eigenvalue weighted by Crippen LogP contribution is -2.49. The highest BCUT2D eigenvalue weighted by Crippen LogP contribution is 2.50. The second-order valence-corrected chi connectivity index (χ2v) is 5.95. The molecule has 1 aromatic heterocycles. The van der Waals surface area contributed by atoms with Gasteiger partial charge >= 0.3 is 0 Å². The number of halogens is 1. The summed E-state index contributed by atoms with van der Waals surface area (Å²) >= 11 is 6.42. The van der Waals surface area contributed by atoms with Crippen LogP contribution in [0.15, 0.2) is 27.5 Å². The van der Waals surface area contributed by atoms with Crippen molar-refractivity contribution < 1.29 is 23.4 Å². The van der Waals surface area contributed by atoms with Crippen molar-refractivity contribution in [1.82, 2.24) is 4.90 Å². The Labute approximate surface area is 139 Å². The van der Waals surface area contributed by atoms with E-state index in [-0.39, 0.29) is 10.8 Å². The Morgan fingerprint density at radius 3 is 2.48 bits per heavy atom. The van der Waals surface area contributed by atoms with Gasteiger partial charge < -0.3 is 23.5 Å². The summed E-state index contributed by atoms with van der Waals surface area (Å²) in [6.07, 6.45) is 1.55. The first-order chi connectivity index (χ1) is 11.1. The lowest BCUT2D eigenvalue weighted by molar-refractivity contribution is -0.201. The van der Waals surface area contributed by atoms with E-state index in [4.69, 9.17) is 30.2 Å². The van der Waals surface area contributed by atoms with Crippen LogP contribution in [0.25, 0.3) is 0 Å². The molecular formula is C16H20ClNO5. The highest BCUT2D eigenvalue weighted by Gasteiger charge is 2.58. The third-order valence-electron chi connectivity index (χ3n) is 4.54. The monoisotopic (exact) mass is 341 g/mol. The van der Waals surface area contributed by atoms with Crippen LogP contribution in [0.1, 0.15) is 17.2 Å². The van der Waals surface area contributed by atoms with Gasteiger partial charge in [-0.15, -0.1) is 0 Å². The molecule has 126 valence electrons. The average Bonchev–Trinajstić information content (AvgIpc) is 3.08. The molecule has 2 aliphatic rings. The largest absolute Gasteiger partial charge is 0.469 e. The summed E-state index contributed by atoms with van der Waals surface area (Å²) in [4.78, 5) is 14.9. The maximum absolute atomic E-state index is 12.9. The molecule has 1 saturated heterocycles. The quantitative estimate of drug-likeness (QED) is 0.781. The van der Waals surface area contributed by atoms with Crippen LogP contribution in [0.5, 0.6) is 0 Å².